The zero-order valence-electron chi connectivity index (χ0n) is 11.3. The molecule has 1 aliphatic heterocycles. The van der Waals surface area contributed by atoms with E-state index in [9.17, 15) is 4.79 Å². The second-order valence-electron chi connectivity index (χ2n) is 4.37. The summed E-state index contributed by atoms with van der Waals surface area (Å²) >= 11 is 0. The molecule has 1 rings (SSSR count). The molecule has 1 unspecified atom stereocenters. The van der Waals surface area contributed by atoms with Crippen molar-refractivity contribution < 1.29 is 19.4 Å². The van der Waals surface area contributed by atoms with Crippen molar-refractivity contribution in [2.45, 2.75) is 13.0 Å². The highest BCUT2D eigenvalue weighted by atomic mass is 16.5. The lowest BCUT2D eigenvalue weighted by Gasteiger charge is -2.34. The summed E-state index contributed by atoms with van der Waals surface area (Å²) < 4.78 is 10.3. The number of aliphatic hydroxyl groups excluding tert-OH is 1. The Balaban J connectivity index is 2.50. The number of methoxy groups -OCH3 is 1. The second-order valence-corrected chi connectivity index (χ2v) is 4.37. The number of carbonyl (C=O) groups is 1. The fraction of sp³-hybridized carbons (Fsp3) is 0.917. The summed E-state index contributed by atoms with van der Waals surface area (Å²) in [6, 6.07) is -0.231. The monoisotopic (exact) mass is 260 g/mol. The van der Waals surface area contributed by atoms with Crippen LogP contribution in [0.25, 0.3) is 0 Å². The van der Waals surface area contributed by atoms with Gasteiger partial charge in [0.1, 0.15) is 0 Å². The number of ether oxygens (including phenoxy) is 2. The first-order valence-corrected chi connectivity index (χ1v) is 6.41. The maximum absolute atomic E-state index is 12.3. The van der Waals surface area contributed by atoms with Crippen molar-refractivity contribution in [3.63, 3.8) is 0 Å². The molecule has 6 heteroatoms. The number of hydrogen-bond acceptors (Lipinski definition) is 5. The van der Waals surface area contributed by atoms with Crippen molar-refractivity contribution in [3.8, 4) is 0 Å². The number of hydrogen-bond donors (Lipinski definition) is 1. The van der Waals surface area contributed by atoms with Crippen LogP contribution in [0.4, 0.5) is 0 Å². The maximum Gasteiger partial charge on any atom is 0.239 e. The van der Waals surface area contributed by atoms with Crippen LogP contribution >= 0.6 is 0 Å². The minimum atomic E-state index is -0.231. The van der Waals surface area contributed by atoms with Crippen LogP contribution in [0.3, 0.4) is 0 Å². The maximum atomic E-state index is 12.3. The van der Waals surface area contributed by atoms with Gasteiger partial charge in [0.2, 0.25) is 5.91 Å². The lowest BCUT2D eigenvalue weighted by atomic mass is 10.2. The summed E-state index contributed by atoms with van der Waals surface area (Å²) in [5, 5.41) is 9.05. The Bertz CT molecular complexity index is 244. The molecule has 1 atom stereocenters. The van der Waals surface area contributed by atoms with Gasteiger partial charge in [0, 0.05) is 33.3 Å². The van der Waals surface area contributed by atoms with Crippen molar-refractivity contribution >= 4 is 5.91 Å². The molecule has 1 heterocycles. The molecule has 0 aromatic rings. The lowest BCUT2D eigenvalue weighted by molar-refractivity contribution is -0.140. The number of nitrogens with zero attached hydrogens (tertiary/aromatic N) is 2. The third-order valence-electron chi connectivity index (χ3n) is 3.20. The van der Waals surface area contributed by atoms with E-state index < -0.39 is 0 Å². The molecule has 0 aromatic heterocycles. The molecule has 1 aliphatic rings. The fourth-order valence-corrected chi connectivity index (χ4v) is 2.04. The highest BCUT2D eigenvalue weighted by Gasteiger charge is 2.26. The van der Waals surface area contributed by atoms with Gasteiger partial charge in [-0.25, -0.2) is 0 Å². The van der Waals surface area contributed by atoms with Gasteiger partial charge in [0.15, 0.2) is 0 Å². The number of rotatable bonds is 7. The van der Waals surface area contributed by atoms with Gasteiger partial charge in [-0.2, -0.15) is 0 Å². The molecule has 1 fully saturated rings. The van der Waals surface area contributed by atoms with Crippen LogP contribution in [0.5, 0.6) is 0 Å². The van der Waals surface area contributed by atoms with Crippen LogP contribution in [0.2, 0.25) is 0 Å². The minimum absolute atomic E-state index is 0.0461. The second kappa shape index (κ2) is 8.42. The zero-order chi connectivity index (χ0) is 13.4. The molecule has 0 bridgehead atoms. The molecule has 106 valence electrons. The molecular formula is C12H24N2O4. The molecule has 18 heavy (non-hydrogen) atoms. The molecule has 0 aliphatic carbocycles. The molecule has 6 nitrogen and oxygen atoms in total. The summed E-state index contributed by atoms with van der Waals surface area (Å²) in [6.07, 6.45) is 0. The van der Waals surface area contributed by atoms with E-state index in [4.69, 9.17) is 14.6 Å². The zero-order valence-corrected chi connectivity index (χ0v) is 11.3. The summed E-state index contributed by atoms with van der Waals surface area (Å²) in [7, 11) is 1.63. The van der Waals surface area contributed by atoms with Crippen molar-refractivity contribution in [1.29, 1.82) is 0 Å². The molecule has 0 aromatic carbocycles. The number of amides is 1. The normalized spacial score (nSPS) is 18.1. The summed E-state index contributed by atoms with van der Waals surface area (Å²) in [4.78, 5) is 16.1. The molecular weight excluding hydrogens is 236 g/mol. The van der Waals surface area contributed by atoms with E-state index in [2.05, 4.69) is 0 Å². The molecule has 1 amide bonds. The molecule has 0 saturated carbocycles. The van der Waals surface area contributed by atoms with Crippen LogP contribution in [-0.4, -0.2) is 86.6 Å². The Labute approximate surface area is 108 Å². The van der Waals surface area contributed by atoms with Crippen LogP contribution in [0.1, 0.15) is 6.92 Å². The summed E-state index contributed by atoms with van der Waals surface area (Å²) in [6.45, 7) is 6.14. The van der Waals surface area contributed by atoms with Gasteiger partial charge in [0.05, 0.1) is 32.5 Å². The predicted octanol–water partition coefficient (Wildman–Crippen LogP) is -0.826. The van der Waals surface area contributed by atoms with Crippen LogP contribution in [0, 0.1) is 0 Å². The van der Waals surface area contributed by atoms with Crippen molar-refractivity contribution in [3.05, 3.63) is 0 Å². The van der Waals surface area contributed by atoms with E-state index in [0.717, 1.165) is 0 Å². The standard InChI is InChI=1S/C12H24N2O4/c1-11(13(3-7-15)4-8-17-2)12(16)14-5-9-18-10-6-14/h11,15H,3-10H2,1-2H3. The molecule has 0 radical (unpaired) electrons. The van der Waals surface area contributed by atoms with Crippen molar-refractivity contribution in [1.82, 2.24) is 9.80 Å². The largest absolute Gasteiger partial charge is 0.395 e. The van der Waals surface area contributed by atoms with Crippen LogP contribution in [0.15, 0.2) is 0 Å². The lowest BCUT2D eigenvalue weighted by Crippen LogP contribution is -2.51. The van der Waals surface area contributed by atoms with Gasteiger partial charge in [-0.15, -0.1) is 0 Å². The Morgan fingerprint density at radius 2 is 2.11 bits per heavy atom. The average molecular weight is 260 g/mol. The number of aliphatic hydroxyl groups is 1. The smallest absolute Gasteiger partial charge is 0.239 e. The quantitative estimate of drug-likeness (QED) is 0.648. The molecule has 1 saturated heterocycles. The topological polar surface area (TPSA) is 62.2 Å². The molecule has 1 N–H and O–H groups in total. The van der Waals surface area contributed by atoms with E-state index in [0.29, 0.717) is 46.0 Å². The Hall–Kier alpha value is -0.690. The number of morpholine rings is 1. The van der Waals surface area contributed by atoms with E-state index in [1.165, 1.54) is 0 Å². The summed E-state index contributed by atoms with van der Waals surface area (Å²) in [5.74, 6) is 0.0999. The van der Waals surface area contributed by atoms with Crippen molar-refractivity contribution in [2.75, 3.05) is 59.7 Å². The SMILES string of the molecule is COCCN(CCO)C(C)C(=O)N1CCOCC1. The fourth-order valence-electron chi connectivity index (χ4n) is 2.04. The van der Waals surface area contributed by atoms with E-state index in [1.807, 2.05) is 16.7 Å². The summed E-state index contributed by atoms with van der Waals surface area (Å²) in [5.41, 5.74) is 0. The van der Waals surface area contributed by atoms with E-state index in [1.54, 1.807) is 7.11 Å². The molecule has 0 spiro atoms. The highest BCUT2D eigenvalue weighted by molar-refractivity contribution is 5.81. The van der Waals surface area contributed by atoms with Gasteiger partial charge in [0.25, 0.3) is 0 Å². The van der Waals surface area contributed by atoms with Gasteiger partial charge >= 0.3 is 0 Å². The number of carbonyl (C=O) groups excluding carboxylic acids is 1. The minimum Gasteiger partial charge on any atom is -0.395 e. The Kier molecular flexibility index (Phi) is 7.19. The Morgan fingerprint density at radius 1 is 1.44 bits per heavy atom. The van der Waals surface area contributed by atoms with Gasteiger partial charge < -0.3 is 19.5 Å². The first-order valence-electron chi connectivity index (χ1n) is 6.41. The Morgan fingerprint density at radius 3 is 2.67 bits per heavy atom. The van der Waals surface area contributed by atoms with Crippen LogP contribution < -0.4 is 0 Å². The average Bonchev–Trinajstić information content (AvgIpc) is 2.43. The predicted molar refractivity (Wildman–Crippen MR) is 67.4 cm³/mol. The van der Waals surface area contributed by atoms with E-state index >= 15 is 0 Å². The van der Waals surface area contributed by atoms with Gasteiger partial charge in [-0.1, -0.05) is 0 Å². The van der Waals surface area contributed by atoms with Crippen molar-refractivity contribution in [2.24, 2.45) is 0 Å². The third-order valence-corrected chi connectivity index (χ3v) is 3.20. The first kappa shape index (κ1) is 15.4. The van der Waals surface area contributed by atoms with Gasteiger partial charge in [-0.3, -0.25) is 9.69 Å². The first-order chi connectivity index (χ1) is 8.70. The highest BCUT2D eigenvalue weighted by Crippen LogP contribution is 2.06. The van der Waals surface area contributed by atoms with Crippen LogP contribution in [-0.2, 0) is 14.3 Å². The third kappa shape index (κ3) is 4.53. The van der Waals surface area contributed by atoms with E-state index in [-0.39, 0.29) is 18.6 Å². The van der Waals surface area contributed by atoms with Gasteiger partial charge in [-0.05, 0) is 6.92 Å².